The SMILES string of the molecule is CCS(=O)(=O)CCN(CCCCC(C)c1ccc(Cl)c(CCC2(c3cnccc3-c3ccccc3OC3CC3)CC2)c1)C(=O)[C@@H](O)[C@@H](O)[C@H](O)[C@@H](O)CO. The highest BCUT2D eigenvalue weighted by atomic mass is 35.5. The van der Waals surface area contributed by atoms with E-state index in [0.29, 0.717) is 18.9 Å². The van der Waals surface area contributed by atoms with E-state index in [1.54, 1.807) is 0 Å². The van der Waals surface area contributed by atoms with Crippen LogP contribution in [0.3, 0.4) is 0 Å². The number of amides is 1. The number of pyridine rings is 1. The van der Waals surface area contributed by atoms with Crippen LogP contribution in [0.4, 0.5) is 0 Å². The lowest BCUT2D eigenvalue weighted by Gasteiger charge is -2.30. The summed E-state index contributed by atoms with van der Waals surface area (Å²) in [5.41, 5.74) is 5.77. The summed E-state index contributed by atoms with van der Waals surface area (Å²) < 4.78 is 30.7. The number of carbonyl (C=O) groups is 1. The molecule has 13 heteroatoms. The predicted octanol–water partition coefficient (Wildman–Crippen LogP) is 4.58. The first-order valence-electron chi connectivity index (χ1n) is 19.1. The Morgan fingerprint density at radius 1 is 1.02 bits per heavy atom. The number of sulfone groups is 1. The molecular formula is C41H55ClN2O9S. The number of benzene rings is 2. The first-order valence-corrected chi connectivity index (χ1v) is 21.3. The number of rotatable bonds is 22. The van der Waals surface area contributed by atoms with E-state index in [9.17, 15) is 33.6 Å². The number of aryl methyl sites for hydroxylation is 1. The van der Waals surface area contributed by atoms with Crippen molar-refractivity contribution >= 4 is 27.3 Å². The molecule has 3 aromatic rings. The van der Waals surface area contributed by atoms with E-state index in [1.807, 2.05) is 30.6 Å². The van der Waals surface area contributed by atoms with Crippen LogP contribution in [0.1, 0.15) is 87.8 Å². The van der Waals surface area contributed by atoms with Crippen molar-refractivity contribution in [2.75, 3.05) is 31.2 Å². The van der Waals surface area contributed by atoms with Gasteiger partial charge in [-0.3, -0.25) is 9.78 Å². The summed E-state index contributed by atoms with van der Waals surface area (Å²) in [7, 11) is -3.44. The number of unbranched alkanes of at least 4 members (excludes halogenated alkanes) is 1. The Morgan fingerprint density at radius 3 is 2.44 bits per heavy atom. The zero-order valence-electron chi connectivity index (χ0n) is 31.2. The molecule has 0 saturated heterocycles. The Balaban J connectivity index is 1.20. The maximum atomic E-state index is 13.1. The highest BCUT2D eigenvalue weighted by Crippen LogP contribution is 2.55. The third-order valence-electron chi connectivity index (χ3n) is 11.0. The second-order valence-electron chi connectivity index (χ2n) is 15.0. The Morgan fingerprint density at radius 2 is 1.76 bits per heavy atom. The topological polar surface area (TPSA) is 178 Å². The molecule has 2 aromatic carbocycles. The van der Waals surface area contributed by atoms with E-state index in [1.165, 1.54) is 23.0 Å². The number of nitrogens with zero attached hydrogens (tertiary/aromatic N) is 2. The molecule has 0 bridgehead atoms. The molecule has 5 rings (SSSR count). The van der Waals surface area contributed by atoms with Crippen LogP contribution in [-0.4, -0.2) is 111 Å². The smallest absolute Gasteiger partial charge is 0.254 e. The second kappa shape index (κ2) is 18.7. The van der Waals surface area contributed by atoms with Gasteiger partial charge in [0.15, 0.2) is 15.9 Å². The number of aromatic nitrogens is 1. The molecule has 0 radical (unpaired) electrons. The molecule has 5 N–H and O–H groups in total. The molecule has 296 valence electrons. The van der Waals surface area contributed by atoms with Crippen molar-refractivity contribution in [2.24, 2.45) is 0 Å². The van der Waals surface area contributed by atoms with Crippen LogP contribution in [-0.2, 0) is 26.5 Å². The first kappa shape index (κ1) is 42.1. The fraction of sp³-hybridized carbons (Fsp3) is 0.561. The molecule has 54 heavy (non-hydrogen) atoms. The molecule has 2 fully saturated rings. The summed E-state index contributed by atoms with van der Waals surface area (Å²) in [6, 6.07) is 16.5. The normalized spacial score (nSPS) is 18.0. The minimum atomic E-state index is -3.44. The van der Waals surface area contributed by atoms with E-state index < -0.39 is 46.8 Å². The van der Waals surface area contributed by atoms with Crippen LogP contribution >= 0.6 is 11.6 Å². The fourth-order valence-corrected chi connectivity index (χ4v) is 7.98. The van der Waals surface area contributed by atoms with Gasteiger partial charge in [-0.1, -0.05) is 62.2 Å². The summed E-state index contributed by atoms with van der Waals surface area (Å²) in [5, 5.41) is 50.3. The monoisotopic (exact) mass is 786 g/mol. The molecule has 0 spiro atoms. The number of hydrogen-bond acceptors (Lipinski definition) is 10. The van der Waals surface area contributed by atoms with Gasteiger partial charge in [0, 0.05) is 41.8 Å². The minimum Gasteiger partial charge on any atom is -0.490 e. The Bertz CT molecular complexity index is 1820. The van der Waals surface area contributed by atoms with Crippen molar-refractivity contribution in [3.8, 4) is 16.9 Å². The van der Waals surface area contributed by atoms with Gasteiger partial charge in [0.1, 0.15) is 24.1 Å². The average molecular weight is 787 g/mol. The zero-order valence-corrected chi connectivity index (χ0v) is 32.8. The van der Waals surface area contributed by atoms with Gasteiger partial charge < -0.3 is 35.2 Å². The van der Waals surface area contributed by atoms with Crippen molar-refractivity contribution in [3.05, 3.63) is 82.6 Å². The van der Waals surface area contributed by atoms with E-state index in [0.717, 1.165) is 72.4 Å². The van der Waals surface area contributed by atoms with Gasteiger partial charge >= 0.3 is 0 Å². The number of para-hydroxylation sites is 1. The number of hydrogen-bond donors (Lipinski definition) is 5. The van der Waals surface area contributed by atoms with Gasteiger partial charge in [0.2, 0.25) is 0 Å². The maximum Gasteiger partial charge on any atom is 0.254 e. The van der Waals surface area contributed by atoms with Gasteiger partial charge in [0.05, 0.1) is 18.5 Å². The Labute approximate surface area is 323 Å². The Hall–Kier alpha value is -3.10. The van der Waals surface area contributed by atoms with Crippen LogP contribution in [0.5, 0.6) is 5.75 Å². The highest BCUT2D eigenvalue weighted by Gasteiger charge is 2.45. The van der Waals surface area contributed by atoms with E-state index in [2.05, 4.69) is 42.2 Å². The first-order chi connectivity index (χ1) is 25.8. The van der Waals surface area contributed by atoms with Gasteiger partial charge in [-0.05, 0) is 103 Å². The van der Waals surface area contributed by atoms with Crippen LogP contribution < -0.4 is 4.74 Å². The number of aliphatic hydroxyl groups is 5. The molecule has 2 saturated carbocycles. The van der Waals surface area contributed by atoms with Crippen LogP contribution in [0.25, 0.3) is 11.1 Å². The second-order valence-corrected chi connectivity index (χ2v) is 17.9. The van der Waals surface area contributed by atoms with Crippen molar-refractivity contribution in [3.63, 3.8) is 0 Å². The number of ether oxygens (including phenoxy) is 1. The molecule has 1 aromatic heterocycles. The predicted molar refractivity (Wildman–Crippen MR) is 208 cm³/mol. The van der Waals surface area contributed by atoms with Crippen molar-refractivity contribution < 1.29 is 43.5 Å². The summed E-state index contributed by atoms with van der Waals surface area (Å²) in [6.07, 6.45) is 4.28. The van der Waals surface area contributed by atoms with Crippen LogP contribution in [0.15, 0.2) is 60.9 Å². The molecule has 1 heterocycles. The van der Waals surface area contributed by atoms with Crippen molar-refractivity contribution in [2.45, 2.75) is 113 Å². The lowest BCUT2D eigenvalue weighted by atomic mass is 9.84. The largest absolute Gasteiger partial charge is 0.490 e. The molecule has 2 aliphatic carbocycles. The third-order valence-corrected chi connectivity index (χ3v) is 13.1. The lowest BCUT2D eigenvalue weighted by molar-refractivity contribution is -0.158. The number of carbonyl (C=O) groups excluding carboxylic acids is 1. The van der Waals surface area contributed by atoms with Crippen molar-refractivity contribution in [1.82, 2.24) is 9.88 Å². The Kier molecular flexibility index (Phi) is 14.6. The molecule has 2 aliphatic rings. The fourth-order valence-electron chi connectivity index (χ4n) is 6.98. The van der Waals surface area contributed by atoms with Crippen molar-refractivity contribution in [1.29, 1.82) is 0 Å². The van der Waals surface area contributed by atoms with Gasteiger partial charge in [0.25, 0.3) is 5.91 Å². The molecule has 11 nitrogen and oxygen atoms in total. The summed E-state index contributed by atoms with van der Waals surface area (Å²) in [5.74, 6) is -0.317. The third kappa shape index (κ3) is 10.8. The maximum absolute atomic E-state index is 13.1. The lowest BCUT2D eigenvalue weighted by Crippen LogP contribution is -2.53. The van der Waals surface area contributed by atoms with Crippen LogP contribution in [0.2, 0.25) is 5.02 Å². The molecule has 5 atom stereocenters. The summed E-state index contributed by atoms with van der Waals surface area (Å²) >= 11 is 6.77. The molecule has 1 amide bonds. The van der Waals surface area contributed by atoms with Gasteiger partial charge in [-0.25, -0.2) is 8.42 Å². The van der Waals surface area contributed by atoms with E-state index in [4.69, 9.17) is 21.4 Å². The highest BCUT2D eigenvalue weighted by molar-refractivity contribution is 7.91. The minimum absolute atomic E-state index is 0.0152. The van der Waals surface area contributed by atoms with Gasteiger partial charge in [-0.15, -0.1) is 0 Å². The summed E-state index contributed by atoms with van der Waals surface area (Å²) in [6.45, 7) is 2.67. The number of aliphatic hydroxyl groups excluding tert-OH is 5. The summed E-state index contributed by atoms with van der Waals surface area (Å²) in [4.78, 5) is 18.8. The molecule has 1 unspecified atom stereocenters. The van der Waals surface area contributed by atoms with E-state index >= 15 is 0 Å². The standard InChI is InChI=1S/C41H55ClN2O9S/c1-3-54(51,52)23-22-44(40(50)39(49)38(48)37(47)35(46)26-45)21-7-6-8-27(2)28-11-14-34(42)29(24-28)15-17-41(18-19-41)33-25-43-20-16-31(33)32-9-4-5-10-36(32)53-30-12-13-30/h4-5,9-11,14,16,20,24-25,27,30,35,37-39,45-49H,3,6-8,12-13,15,17-19,21-23,26H2,1-2H3/t27?,35-,37+,38-,39-/m0/s1. The average Bonchev–Trinajstić information content (AvgIpc) is 4.13. The molecular weight excluding hydrogens is 732 g/mol. The molecule has 0 aliphatic heterocycles. The van der Waals surface area contributed by atoms with Crippen LogP contribution in [0, 0.1) is 0 Å². The number of halogens is 1. The van der Waals surface area contributed by atoms with Gasteiger partial charge in [-0.2, -0.15) is 0 Å². The van der Waals surface area contributed by atoms with E-state index in [-0.39, 0.29) is 35.9 Å². The quantitative estimate of drug-likeness (QED) is 0.0907. The zero-order chi connectivity index (χ0) is 39.0.